The summed E-state index contributed by atoms with van der Waals surface area (Å²) in [5.41, 5.74) is 0. The van der Waals surface area contributed by atoms with Gasteiger partial charge in [-0.2, -0.15) is 0 Å². The standard InChI is InChI=1S/C13H18FN5O.2ClH/c14-10-7-11(17-8-10)13(20)19-5-3-18(4-6-19)12-9-15-1-2-16-12;;/h1-2,9-11,17H,3-8H2;2*1H/t10-,11+;;/m0../s1. The van der Waals surface area contributed by atoms with E-state index in [1.54, 1.807) is 18.6 Å². The van der Waals surface area contributed by atoms with Crippen LogP contribution < -0.4 is 10.2 Å². The third-order valence-electron chi connectivity index (χ3n) is 3.84. The van der Waals surface area contributed by atoms with Crippen LogP contribution in [0.4, 0.5) is 10.2 Å². The van der Waals surface area contributed by atoms with Crippen LogP contribution in [0.1, 0.15) is 6.42 Å². The number of nitrogens with zero attached hydrogens (tertiary/aromatic N) is 4. The van der Waals surface area contributed by atoms with E-state index in [1.165, 1.54) is 0 Å². The number of halogens is 3. The quantitative estimate of drug-likeness (QED) is 0.848. The highest BCUT2D eigenvalue weighted by Crippen LogP contribution is 2.16. The molecule has 0 bridgehead atoms. The van der Waals surface area contributed by atoms with E-state index in [1.807, 2.05) is 4.90 Å². The maximum atomic E-state index is 13.1. The molecule has 1 aromatic heterocycles. The van der Waals surface area contributed by atoms with Crippen LogP contribution in [0.2, 0.25) is 0 Å². The van der Waals surface area contributed by atoms with Crippen molar-refractivity contribution < 1.29 is 9.18 Å². The number of hydrogen-bond donors (Lipinski definition) is 1. The Balaban J connectivity index is 0.00000121. The second-order valence-electron chi connectivity index (χ2n) is 5.17. The van der Waals surface area contributed by atoms with Crippen LogP contribution in [0, 0.1) is 0 Å². The van der Waals surface area contributed by atoms with Crippen molar-refractivity contribution in [1.82, 2.24) is 20.2 Å². The van der Waals surface area contributed by atoms with Gasteiger partial charge in [0, 0.05) is 51.5 Å². The van der Waals surface area contributed by atoms with Gasteiger partial charge < -0.3 is 15.1 Å². The molecule has 0 spiro atoms. The van der Waals surface area contributed by atoms with E-state index in [4.69, 9.17) is 0 Å². The molecule has 2 aliphatic rings. The second kappa shape index (κ2) is 8.45. The van der Waals surface area contributed by atoms with Crippen molar-refractivity contribution in [2.75, 3.05) is 37.6 Å². The lowest BCUT2D eigenvalue weighted by Crippen LogP contribution is -2.53. The molecule has 6 nitrogen and oxygen atoms in total. The molecule has 3 heterocycles. The van der Waals surface area contributed by atoms with Crippen molar-refractivity contribution >= 4 is 36.5 Å². The van der Waals surface area contributed by atoms with Crippen LogP contribution in [-0.2, 0) is 4.79 Å². The normalized spacial score (nSPS) is 24.4. The Morgan fingerprint density at radius 1 is 1.23 bits per heavy atom. The van der Waals surface area contributed by atoms with Gasteiger partial charge in [0.05, 0.1) is 12.2 Å². The van der Waals surface area contributed by atoms with Crippen LogP contribution >= 0.6 is 24.8 Å². The van der Waals surface area contributed by atoms with Gasteiger partial charge in [0.1, 0.15) is 12.0 Å². The average Bonchev–Trinajstić information content (AvgIpc) is 2.94. The monoisotopic (exact) mass is 351 g/mol. The van der Waals surface area contributed by atoms with E-state index in [-0.39, 0.29) is 43.3 Å². The lowest BCUT2D eigenvalue weighted by molar-refractivity contribution is -0.133. The molecule has 1 aromatic rings. The molecule has 0 unspecified atom stereocenters. The first kappa shape index (κ1) is 18.9. The zero-order chi connectivity index (χ0) is 13.9. The van der Waals surface area contributed by atoms with E-state index in [0.29, 0.717) is 19.5 Å². The number of amides is 1. The van der Waals surface area contributed by atoms with Gasteiger partial charge in [-0.25, -0.2) is 9.37 Å². The van der Waals surface area contributed by atoms with E-state index >= 15 is 0 Å². The minimum Gasteiger partial charge on any atom is -0.352 e. The van der Waals surface area contributed by atoms with Gasteiger partial charge in [-0.1, -0.05) is 0 Å². The maximum absolute atomic E-state index is 13.1. The zero-order valence-electron chi connectivity index (χ0n) is 12.0. The molecule has 0 saturated carbocycles. The third kappa shape index (κ3) is 4.18. The summed E-state index contributed by atoms with van der Waals surface area (Å²) in [5, 5.41) is 2.94. The highest BCUT2D eigenvalue weighted by Gasteiger charge is 2.33. The first-order valence-electron chi connectivity index (χ1n) is 6.91. The highest BCUT2D eigenvalue weighted by atomic mass is 35.5. The first-order chi connectivity index (χ1) is 9.74. The molecule has 2 aliphatic heterocycles. The van der Waals surface area contributed by atoms with E-state index in [0.717, 1.165) is 18.9 Å². The average molecular weight is 352 g/mol. The van der Waals surface area contributed by atoms with Crippen LogP contribution in [-0.4, -0.2) is 65.7 Å². The molecular weight excluding hydrogens is 332 g/mol. The van der Waals surface area contributed by atoms with Gasteiger partial charge in [-0.15, -0.1) is 24.8 Å². The fourth-order valence-electron chi connectivity index (χ4n) is 2.71. The first-order valence-corrected chi connectivity index (χ1v) is 6.91. The molecular formula is C13H20Cl2FN5O. The third-order valence-corrected chi connectivity index (χ3v) is 3.84. The second-order valence-corrected chi connectivity index (χ2v) is 5.17. The van der Waals surface area contributed by atoms with Gasteiger partial charge in [0.15, 0.2) is 0 Å². The van der Waals surface area contributed by atoms with Crippen molar-refractivity contribution in [2.45, 2.75) is 18.6 Å². The smallest absolute Gasteiger partial charge is 0.239 e. The molecule has 22 heavy (non-hydrogen) atoms. The van der Waals surface area contributed by atoms with Crippen molar-refractivity contribution in [2.24, 2.45) is 0 Å². The van der Waals surface area contributed by atoms with Gasteiger partial charge in [-0.05, 0) is 0 Å². The van der Waals surface area contributed by atoms with Crippen LogP contribution in [0.5, 0.6) is 0 Å². The van der Waals surface area contributed by atoms with Gasteiger partial charge >= 0.3 is 0 Å². The Morgan fingerprint density at radius 2 is 1.95 bits per heavy atom. The molecule has 2 atom stereocenters. The highest BCUT2D eigenvalue weighted by molar-refractivity contribution is 5.85. The van der Waals surface area contributed by atoms with Gasteiger partial charge in [0.25, 0.3) is 0 Å². The van der Waals surface area contributed by atoms with E-state index < -0.39 is 6.17 Å². The fourth-order valence-corrected chi connectivity index (χ4v) is 2.71. The SMILES string of the molecule is Cl.Cl.O=C([C@H]1C[C@H](F)CN1)N1CCN(c2cnccn2)CC1. The van der Waals surface area contributed by atoms with Gasteiger partial charge in [0.2, 0.25) is 5.91 Å². The minimum atomic E-state index is -0.898. The number of anilines is 1. The molecule has 0 radical (unpaired) electrons. The molecule has 2 saturated heterocycles. The fraction of sp³-hybridized carbons (Fsp3) is 0.615. The molecule has 0 aromatic carbocycles. The number of rotatable bonds is 2. The Labute approximate surface area is 141 Å². The topological polar surface area (TPSA) is 61.4 Å². The number of alkyl halides is 1. The Morgan fingerprint density at radius 3 is 2.50 bits per heavy atom. The van der Waals surface area contributed by atoms with Crippen LogP contribution in [0.25, 0.3) is 0 Å². The number of nitrogens with one attached hydrogen (secondary N) is 1. The number of carbonyl (C=O) groups is 1. The van der Waals surface area contributed by atoms with E-state index in [9.17, 15) is 9.18 Å². The largest absolute Gasteiger partial charge is 0.352 e. The van der Waals surface area contributed by atoms with Crippen LogP contribution in [0.3, 0.4) is 0 Å². The van der Waals surface area contributed by atoms with E-state index in [2.05, 4.69) is 20.2 Å². The van der Waals surface area contributed by atoms with Crippen molar-refractivity contribution in [3.8, 4) is 0 Å². The van der Waals surface area contributed by atoms with Gasteiger partial charge in [-0.3, -0.25) is 9.78 Å². The summed E-state index contributed by atoms with van der Waals surface area (Å²) in [6, 6.07) is -0.354. The van der Waals surface area contributed by atoms with Crippen molar-refractivity contribution in [3.63, 3.8) is 0 Å². The van der Waals surface area contributed by atoms with Crippen molar-refractivity contribution in [1.29, 1.82) is 0 Å². The Kier molecular flexibility index (Phi) is 7.25. The molecule has 1 N–H and O–H groups in total. The molecule has 124 valence electrons. The maximum Gasteiger partial charge on any atom is 0.239 e. The number of aromatic nitrogens is 2. The summed E-state index contributed by atoms with van der Waals surface area (Å²) in [4.78, 5) is 24.5. The number of carbonyl (C=O) groups excluding carboxylic acids is 1. The molecule has 1 amide bonds. The Hall–Kier alpha value is -1.18. The lowest BCUT2D eigenvalue weighted by Gasteiger charge is -2.36. The van der Waals surface area contributed by atoms with Crippen molar-refractivity contribution in [3.05, 3.63) is 18.6 Å². The molecule has 3 rings (SSSR count). The molecule has 9 heteroatoms. The summed E-state index contributed by atoms with van der Waals surface area (Å²) >= 11 is 0. The molecule has 0 aliphatic carbocycles. The number of piperazine rings is 1. The summed E-state index contributed by atoms with van der Waals surface area (Å²) in [7, 11) is 0. The minimum absolute atomic E-state index is 0. The molecule has 2 fully saturated rings. The zero-order valence-corrected chi connectivity index (χ0v) is 13.7. The summed E-state index contributed by atoms with van der Waals surface area (Å²) in [5.74, 6) is 0.853. The number of hydrogen-bond acceptors (Lipinski definition) is 5. The summed E-state index contributed by atoms with van der Waals surface area (Å²) in [6.07, 6.45) is 4.43. The Bertz CT molecular complexity index is 473. The lowest BCUT2D eigenvalue weighted by atomic mass is 10.1. The predicted molar refractivity (Wildman–Crippen MR) is 86.6 cm³/mol. The van der Waals surface area contributed by atoms with Crippen LogP contribution in [0.15, 0.2) is 18.6 Å². The predicted octanol–water partition coefficient (Wildman–Crippen LogP) is 0.669. The summed E-state index contributed by atoms with van der Waals surface area (Å²) < 4.78 is 13.1. The summed E-state index contributed by atoms with van der Waals surface area (Å²) in [6.45, 7) is 3.04.